The van der Waals surface area contributed by atoms with E-state index in [0.717, 1.165) is 0 Å². The van der Waals surface area contributed by atoms with Gasteiger partial charge in [-0.05, 0) is 12.1 Å². The average molecular weight is 181 g/mol. The number of amidine groups is 1. The molecule has 0 unspecified atom stereocenters. The molecule has 0 spiro atoms. The van der Waals surface area contributed by atoms with Crippen LogP contribution in [0.1, 0.15) is 5.56 Å². The zero-order valence-corrected chi connectivity index (χ0v) is 6.76. The van der Waals surface area contributed by atoms with Gasteiger partial charge in [-0.25, -0.2) is 4.98 Å². The van der Waals surface area contributed by atoms with E-state index < -0.39 is 0 Å². The molecule has 0 amide bonds. The monoisotopic (exact) mass is 180 g/mol. The fraction of sp³-hybridized carbons (Fsp3) is 0. The molecule has 0 aromatic carbocycles. The molecule has 0 bridgehead atoms. The van der Waals surface area contributed by atoms with Crippen LogP contribution in [0.3, 0.4) is 0 Å². The van der Waals surface area contributed by atoms with E-state index in [2.05, 4.69) is 10.3 Å². The fourth-order valence-corrected chi connectivity index (χ4v) is 0.860. The van der Waals surface area contributed by atoms with Gasteiger partial charge in [0, 0.05) is 11.8 Å². The van der Waals surface area contributed by atoms with Crippen LogP contribution in [0, 0.1) is 16.9 Å². The second-order valence-corrected chi connectivity index (χ2v) is 2.37. The van der Waals surface area contributed by atoms with Crippen molar-refractivity contribution < 1.29 is 0 Å². The smallest absolute Gasteiger partial charge is 0.182 e. The Labute approximate surface area is 74.3 Å². The molecule has 0 aliphatic rings. The highest BCUT2D eigenvalue weighted by molar-refractivity contribution is 6.29. The summed E-state index contributed by atoms with van der Waals surface area (Å²) in [6.45, 7) is 0. The minimum atomic E-state index is 0.0156. The maximum Gasteiger partial charge on any atom is 0.182 e. The first-order chi connectivity index (χ1) is 5.74. The Kier molecular flexibility index (Phi) is 2.62. The Bertz CT molecular complexity index is 342. The van der Waals surface area contributed by atoms with Crippen molar-refractivity contribution in [3.05, 3.63) is 29.0 Å². The van der Waals surface area contributed by atoms with Crippen LogP contribution in [0.5, 0.6) is 0 Å². The van der Waals surface area contributed by atoms with Crippen molar-refractivity contribution in [2.45, 2.75) is 0 Å². The van der Waals surface area contributed by atoms with Gasteiger partial charge in [0.05, 0.1) is 0 Å². The number of nitrogens with zero attached hydrogens (tertiary/aromatic N) is 2. The lowest BCUT2D eigenvalue weighted by Gasteiger charge is -1.99. The number of nitriles is 1. The van der Waals surface area contributed by atoms with E-state index in [0.29, 0.717) is 10.7 Å². The average Bonchev–Trinajstić information content (AvgIpc) is 2.05. The molecule has 2 N–H and O–H groups in total. The van der Waals surface area contributed by atoms with Gasteiger partial charge in [0.15, 0.2) is 6.19 Å². The summed E-state index contributed by atoms with van der Waals surface area (Å²) in [6, 6.07) is 3.10. The summed E-state index contributed by atoms with van der Waals surface area (Å²) in [6.07, 6.45) is 3.12. The highest BCUT2D eigenvalue weighted by Crippen LogP contribution is 2.06. The van der Waals surface area contributed by atoms with Crippen LogP contribution >= 0.6 is 11.6 Å². The van der Waals surface area contributed by atoms with Gasteiger partial charge in [-0.1, -0.05) is 11.6 Å². The zero-order valence-electron chi connectivity index (χ0n) is 6.00. The number of halogens is 1. The number of hydrogen-bond donors (Lipinski definition) is 2. The fourth-order valence-electron chi connectivity index (χ4n) is 0.686. The molecule has 60 valence electrons. The molecule has 0 saturated heterocycles. The van der Waals surface area contributed by atoms with Crippen molar-refractivity contribution in [3.8, 4) is 6.19 Å². The summed E-state index contributed by atoms with van der Waals surface area (Å²) >= 11 is 5.57. The van der Waals surface area contributed by atoms with E-state index in [-0.39, 0.29) is 5.84 Å². The number of pyridine rings is 1. The molecule has 12 heavy (non-hydrogen) atoms. The minimum absolute atomic E-state index is 0.0156. The van der Waals surface area contributed by atoms with Gasteiger partial charge in [-0.3, -0.25) is 10.7 Å². The highest BCUT2D eigenvalue weighted by atomic mass is 35.5. The molecule has 1 rings (SSSR count). The van der Waals surface area contributed by atoms with E-state index >= 15 is 0 Å². The highest BCUT2D eigenvalue weighted by Gasteiger charge is 1.99. The molecule has 1 heterocycles. The van der Waals surface area contributed by atoms with E-state index in [1.54, 1.807) is 12.3 Å². The maximum atomic E-state index is 8.22. The van der Waals surface area contributed by atoms with Crippen LogP contribution in [0.15, 0.2) is 18.3 Å². The molecule has 1 aromatic heterocycles. The Morgan fingerprint density at radius 1 is 1.75 bits per heavy atom. The number of aromatic nitrogens is 1. The predicted octanol–water partition coefficient (Wildman–Crippen LogP) is 1.13. The molecular formula is C7H5ClN4. The van der Waals surface area contributed by atoms with Crippen molar-refractivity contribution in [2.24, 2.45) is 0 Å². The molecule has 0 radical (unpaired) electrons. The lowest BCUT2D eigenvalue weighted by atomic mass is 10.2. The summed E-state index contributed by atoms with van der Waals surface area (Å²) in [5.74, 6) is 0.0156. The van der Waals surface area contributed by atoms with Crippen LogP contribution in [-0.2, 0) is 0 Å². The number of hydrogen-bond acceptors (Lipinski definition) is 3. The first-order valence-corrected chi connectivity index (χ1v) is 3.47. The summed E-state index contributed by atoms with van der Waals surface area (Å²) in [5.41, 5.74) is 0.538. The largest absolute Gasteiger partial charge is 0.283 e. The molecular weight excluding hydrogens is 176 g/mol. The molecule has 4 nitrogen and oxygen atoms in total. The van der Waals surface area contributed by atoms with Crippen LogP contribution in [0.4, 0.5) is 0 Å². The molecule has 1 aromatic rings. The van der Waals surface area contributed by atoms with Gasteiger partial charge < -0.3 is 0 Å². The first kappa shape index (κ1) is 8.50. The van der Waals surface area contributed by atoms with Gasteiger partial charge in [0.1, 0.15) is 11.0 Å². The van der Waals surface area contributed by atoms with Crippen LogP contribution in [0.25, 0.3) is 0 Å². The van der Waals surface area contributed by atoms with Gasteiger partial charge >= 0.3 is 0 Å². The van der Waals surface area contributed by atoms with Crippen molar-refractivity contribution >= 4 is 17.4 Å². The van der Waals surface area contributed by atoms with Crippen molar-refractivity contribution in [1.82, 2.24) is 10.3 Å². The van der Waals surface area contributed by atoms with Gasteiger partial charge in [0.2, 0.25) is 0 Å². The van der Waals surface area contributed by atoms with Crippen molar-refractivity contribution in [1.29, 1.82) is 10.7 Å². The van der Waals surface area contributed by atoms with Gasteiger partial charge in [-0.15, -0.1) is 0 Å². The molecule has 0 atom stereocenters. The quantitative estimate of drug-likeness (QED) is 0.224. The second-order valence-electron chi connectivity index (χ2n) is 1.98. The summed E-state index contributed by atoms with van der Waals surface area (Å²) < 4.78 is 0. The van der Waals surface area contributed by atoms with E-state index in [9.17, 15) is 0 Å². The SMILES string of the molecule is N#CNC(=N)c1ccnc(Cl)c1. The van der Waals surface area contributed by atoms with Crippen molar-refractivity contribution in [3.63, 3.8) is 0 Å². The number of nitrogens with one attached hydrogen (secondary N) is 2. The summed E-state index contributed by atoms with van der Waals surface area (Å²) in [7, 11) is 0. The Hall–Kier alpha value is -1.60. The van der Waals surface area contributed by atoms with Crippen molar-refractivity contribution in [2.75, 3.05) is 0 Å². The van der Waals surface area contributed by atoms with Gasteiger partial charge in [-0.2, -0.15) is 5.26 Å². The molecule has 0 aliphatic heterocycles. The maximum absolute atomic E-state index is 8.22. The zero-order chi connectivity index (χ0) is 8.97. The van der Waals surface area contributed by atoms with Crippen LogP contribution in [-0.4, -0.2) is 10.8 Å². The van der Waals surface area contributed by atoms with E-state index in [4.69, 9.17) is 22.3 Å². The predicted molar refractivity (Wildman–Crippen MR) is 44.8 cm³/mol. The van der Waals surface area contributed by atoms with E-state index in [1.807, 2.05) is 0 Å². The third-order valence-electron chi connectivity index (χ3n) is 1.20. The Morgan fingerprint density at radius 3 is 3.08 bits per heavy atom. The van der Waals surface area contributed by atoms with Gasteiger partial charge in [0.25, 0.3) is 0 Å². The first-order valence-electron chi connectivity index (χ1n) is 3.09. The minimum Gasteiger partial charge on any atom is -0.283 e. The molecule has 5 heteroatoms. The Morgan fingerprint density at radius 2 is 2.50 bits per heavy atom. The Balaban J connectivity index is 2.90. The summed E-state index contributed by atoms with van der Waals surface area (Å²) in [4.78, 5) is 3.74. The molecule has 0 fully saturated rings. The summed E-state index contributed by atoms with van der Waals surface area (Å²) in [5, 5.41) is 18.0. The lowest BCUT2D eigenvalue weighted by Crippen LogP contribution is -2.17. The third-order valence-corrected chi connectivity index (χ3v) is 1.40. The lowest BCUT2D eigenvalue weighted by molar-refractivity contribution is 1.21. The number of rotatable bonds is 1. The second kappa shape index (κ2) is 3.69. The normalized spacial score (nSPS) is 8.67. The topological polar surface area (TPSA) is 72.6 Å². The molecule has 0 aliphatic carbocycles. The molecule has 0 saturated carbocycles. The standard InChI is InChI=1S/C7H5ClN4/c8-6-3-5(1-2-11-6)7(10)12-4-9/h1-3H,(H2,10,12). The third kappa shape index (κ3) is 1.94. The van der Waals surface area contributed by atoms with E-state index in [1.165, 1.54) is 12.3 Å². The van der Waals surface area contributed by atoms with Crippen LogP contribution in [0.2, 0.25) is 5.15 Å². The van der Waals surface area contributed by atoms with Crippen LogP contribution < -0.4 is 5.32 Å².